The Labute approximate surface area is 190 Å². The zero-order chi connectivity index (χ0) is 21.8. The summed E-state index contributed by atoms with van der Waals surface area (Å²) in [5.74, 6) is 0.309. The quantitative estimate of drug-likeness (QED) is 0.389. The summed E-state index contributed by atoms with van der Waals surface area (Å²) < 4.78 is 6.88. The molecule has 0 unspecified atom stereocenters. The third kappa shape index (κ3) is 5.25. The third-order valence-corrected chi connectivity index (χ3v) is 5.74. The fourth-order valence-corrected chi connectivity index (χ4v) is 4.50. The molecule has 0 aliphatic heterocycles. The summed E-state index contributed by atoms with van der Waals surface area (Å²) in [6, 6.07) is 21.1. The highest BCUT2D eigenvalue weighted by Gasteiger charge is 2.12. The molecule has 1 heterocycles. The van der Waals surface area contributed by atoms with Gasteiger partial charge in [0.05, 0.1) is 10.2 Å². The maximum atomic E-state index is 12.6. The molecule has 0 radical (unpaired) electrons. The number of carbonyl (C=O) groups is 1. The zero-order valence-corrected chi connectivity index (χ0v) is 18.8. The van der Waals surface area contributed by atoms with Crippen molar-refractivity contribution in [2.24, 2.45) is 0 Å². The smallest absolute Gasteiger partial charge is 0.257 e. The van der Waals surface area contributed by atoms with Crippen LogP contribution in [0.2, 0.25) is 0 Å². The largest absolute Gasteiger partial charge is 0.489 e. The van der Waals surface area contributed by atoms with Gasteiger partial charge in [0.25, 0.3) is 5.91 Å². The number of hydrogen-bond donors (Lipinski definition) is 2. The van der Waals surface area contributed by atoms with Gasteiger partial charge in [0.1, 0.15) is 12.4 Å². The molecule has 156 valence electrons. The normalized spacial score (nSPS) is 10.6. The van der Waals surface area contributed by atoms with Crippen molar-refractivity contribution in [1.82, 2.24) is 10.3 Å². The van der Waals surface area contributed by atoms with Crippen LogP contribution in [0.1, 0.15) is 27.0 Å². The Bertz CT molecular complexity index is 1250. The third-order valence-electron chi connectivity index (χ3n) is 4.62. The summed E-state index contributed by atoms with van der Waals surface area (Å²) in [4.78, 5) is 17.2. The van der Waals surface area contributed by atoms with E-state index in [9.17, 15) is 4.79 Å². The highest BCUT2D eigenvalue weighted by Crippen LogP contribution is 2.29. The Balaban J connectivity index is 1.38. The van der Waals surface area contributed by atoms with Gasteiger partial charge < -0.3 is 10.1 Å². The highest BCUT2D eigenvalue weighted by molar-refractivity contribution is 7.80. The molecule has 4 aromatic rings. The number of benzene rings is 3. The number of thiazole rings is 1. The number of fused-ring (bicyclic) bond motifs is 1. The van der Waals surface area contributed by atoms with E-state index in [1.807, 2.05) is 43.3 Å². The summed E-state index contributed by atoms with van der Waals surface area (Å²) in [5, 5.41) is 6.57. The van der Waals surface area contributed by atoms with E-state index in [-0.39, 0.29) is 11.0 Å². The summed E-state index contributed by atoms with van der Waals surface area (Å²) in [5.41, 5.74) is 4.76. The molecule has 5 nitrogen and oxygen atoms in total. The van der Waals surface area contributed by atoms with Crippen LogP contribution in [0, 0.1) is 13.8 Å². The van der Waals surface area contributed by atoms with Crippen LogP contribution in [-0.2, 0) is 6.61 Å². The van der Waals surface area contributed by atoms with E-state index >= 15 is 0 Å². The highest BCUT2D eigenvalue weighted by atomic mass is 32.1. The molecule has 0 spiro atoms. The van der Waals surface area contributed by atoms with Gasteiger partial charge in [0, 0.05) is 5.56 Å². The van der Waals surface area contributed by atoms with E-state index in [2.05, 4.69) is 34.7 Å². The van der Waals surface area contributed by atoms with Crippen molar-refractivity contribution >= 4 is 49.9 Å². The van der Waals surface area contributed by atoms with Crippen LogP contribution in [0.5, 0.6) is 5.75 Å². The summed E-state index contributed by atoms with van der Waals surface area (Å²) in [6.45, 7) is 4.52. The molecule has 7 heteroatoms. The molecule has 0 saturated carbocycles. The molecule has 1 amide bonds. The van der Waals surface area contributed by atoms with Crippen LogP contribution < -0.4 is 15.4 Å². The van der Waals surface area contributed by atoms with Crippen molar-refractivity contribution in [2.45, 2.75) is 20.5 Å². The number of amides is 1. The lowest BCUT2D eigenvalue weighted by atomic mass is 10.1. The lowest BCUT2D eigenvalue weighted by Crippen LogP contribution is -2.34. The number of nitrogens with zero attached hydrogens (tertiary/aromatic N) is 1. The molecule has 3 aromatic carbocycles. The minimum absolute atomic E-state index is 0.203. The lowest BCUT2D eigenvalue weighted by molar-refractivity contribution is 0.0977. The zero-order valence-electron chi connectivity index (χ0n) is 17.1. The molecule has 0 aliphatic carbocycles. The maximum absolute atomic E-state index is 12.6. The first-order chi connectivity index (χ1) is 15.0. The van der Waals surface area contributed by atoms with E-state index in [4.69, 9.17) is 17.0 Å². The van der Waals surface area contributed by atoms with E-state index in [1.165, 1.54) is 16.9 Å². The molecule has 1 aromatic heterocycles. The molecule has 0 atom stereocenters. The van der Waals surface area contributed by atoms with Crippen molar-refractivity contribution in [3.63, 3.8) is 0 Å². The second-order valence-corrected chi connectivity index (χ2v) is 8.60. The number of aryl methyl sites for hydroxylation is 2. The second-order valence-electron chi connectivity index (χ2n) is 7.16. The molecular formula is C24H21N3O2S2. The molecule has 2 N–H and O–H groups in total. The van der Waals surface area contributed by atoms with Gasteiger partial charge in [-0.2, -0.15) is 0 Å². The SMILES string of the molecule is Cc1cc(C)c2nc(NC(=S)NC(=O)c3cccc(OCc4ccccc4)c3)sc2c1. The standard InChI is InChI=1S/C24H21N3O2S2/c1-15-11-16(2)21-20(12-15)31-24(25-21)27-23(30)26-22(28)18-9-6-10-19(13-18)29-14-17-7-4-3-5-8-17/h3-13H,14H2,1-2H3,(H2,25,26,27,28,30). The predicted molar refractivity (Wildman–Crippen MR) is 130 cm³/mol. The fourth-order valence-electron chi connectivity index (χ4n) is 3.20. The van der Waals surface area contributed by atoms with Gasteiger partial charge in [-0.3, -0.25) is 10.1 Å². The minimum atomic E-state index is -0.309. The predicted octanol–water partition coefficient (Wildman–Crippen LogP) is 5.62. The summed E-state index contributed by atoms with van der Waals surface area (Å²) in [6.07, 6.45) is 0. The fraction of sp³-hybridized carbons (Fsp3) is 0.125. The van der Waals surface area contributed by atoms with Crippen molar-refractivity contribution in [2.75, 3.05) is 5.32 Å². The van der Waals surface area contributed by atoms with Gasteiger partial charge in [-0.15, -0.1) is 0 Å². The Morgan fingerprint density at radius 3 is 2.68 bits per heavy atom. The van der Waals surface area contributed by atoms with Crippen LogP contribution in [-0.4, -0.2) is 16.0 Å². The first-order valence-corrected chi connectivity index (χ1v) is 11.0. The number of thiocarbonyl (C=S) groups is 1. The average Bonchev–Trinajstić information content (AvgIpc) is 3.15. The maximum Gasteiger partial charge on any atom is 0.257 e. The molecular weight excluding hydrogens is 426 g/mol. The van der Waals surface area contributed by atoms with Crippen LogP contribution in [0.3, 0.4) is 0 Å². The van der Waals surface area contributed by atoms with Crippen LogP contribution in [0.15, 0.2) is 66.7 Å². The van der Waals surface area contributed by atoms with Crippen LogP contribution in [0.25, 0.3) is 10.2 Å². The molecule has 0 aliphatic rings. The van der Waals surface area contributed by atoms with E-state index < -0.39 is 0 Å². The number of nitrogens with one attached hydrogen (secondary N) is 2. The van der Waals surface area contributed by atoms with Crippen molar-refractivity contribution in [1.29, 1.82) is 0 Å². The molecule has 0 bridgehead atoms. The number of rotatable bonds is 5. The Kier molecular flexibility index (Phi) is 6.25. The Morgan fingerprint density at radius 2 is 1.87 bits per heavy atom. The second kappa shape index (κ2) is 9.24. The number of hydrogen-bond acceptors (Lipinski definition) is 5. The topological polar surface area (TPSA) is 63.2 Å². The first kappa shape index (κ1) is 21.0. The van der Waals surface area contributed by atoms with E-state index in [0.29, 0.717) is 23.1 Å². The lowest BCUT2D eigenvalue weighted by Gasteiger charge is -2.10. The van der Waals surface area contributed by atoms with Gasteiger partial charge in [-0.05, 0) is 67.0 Å². The van der Waals surface area contributed by atoms with Crippen molar-refractivity contribution in [3.05, 3.63) is 89.0 Å². The van der Waals surface area contributed by atoms with E-state index in [0.717, 1.165) is 21.3 Å². The number of ether oxygens (including phenoxy) is 1. The van der Waals surface area contributed by atoms with Crippen LogP contribution >= 0.6 is 23.6 Å². The molecule has 0 saturated heterocycles. The summed E-state index contributed by atoms with van der Waals surface area (Å²) in [7, 11) is 0. The van der Waals surface area contributed by atoms with Gasteiger partial charge in [-0.25, -0.2) is 4.98 Å². The minimum Gasteiger partial charge on any atom is -0.489 e. The van der Waals surface area contributed by atoms with E-state index in [1.54, 1.807) is 18.2 Å². The molecule has 4 rings (SSSR count). The monoisotopic (exact) mass is 447 g/mol. The first-order valence-electron chi connectivity index (χ1n) is 9.75. The Morgan fingerprint density at radius 1 is 1.06 bits per heavy atom. The number of carbonyl (C=O) groups excluding carboxylic acids is 1. The summed E-state index contributed by atoms with van der Waals surface area (Å²) >= 11 is 6.82. The number of anilines is 1. The average molecular weight is 448 g/mol. The number of aromatic nitrogens is 1. The van der Waals surface area contributed by atoms with Crippen molar-refractivity contribution in [3.8, 4) is 5.75 Å². The van der Waals surface area contributed by atoms with Gasteiger partial charge in [0.2, 0.25) is 0 Å². The Hall–Kier alpha value is -3.29. The molecule has 0 fully saturated rings. The van der Waals surface area contributed by atoms with Crippen LogP contribution in [0.4, 0.5) is 5.13 Å². The van der Waals surface area contributed by atoms with Crippen molar-refractivity contribution < 1.29 is 9.53 Å². The van der Waals surface area contributed by atoms with Gasteiger partial charge in [-0.1, -0.05) is 53.8 Å². The van der Waals surface area contributed by atoms with Gasteiger partial charge in [0.15, 0.2) is 10.2 Å². The van der Waals surface area contributed by atoms with Gasteiger partial charge >= 0.3 is 0 Å². The molecule has 31 heavy (non-hydrogen) atoms.